The minimum absolute atomic E-state index is 0. The molecular weight excluding hydrogens is 2220 g/mol. The summed E-state index contributed by atoms with van der Waals surface area (Å²) < 4.78 is 87.4. The zero-order valence-electron chi connectivity index (χ0n) is 86.5. The number of esters is 5. The monoisotopic (exact) mass is 2350 g/mol. The summed E-state index contributed by atoms with van der Waals surface area (Å²) in [4.78, 5) is 136. The molecular formula is C84H132AlClLi2MnN19NaO30S8Si2. The van der Waals surface area contributed by atoms with Crippen LogP contribution in [0.25, 0.3) is 58.0 Å². The molecule has 11 aromatic heterocycles. The number of carboxylic acid groups (broad SMARTS) is 1. The molecule has 4 saturated heterocycles. The molecule has 0 saturated carbocycles. The van der Waals surface area contributed by atoms with Gasteiger partial charge in [-0.25, -0.2) is 48.9 Å². The summed E-state index contributed by atoms with van der Waals surface area (Å²) in [5.74, 6) is -3.24. The van der Waals surface area contributed by atoms with E-state index in [-0.39, 0.29) is 159 Å². The van der Waals surface area contributed by atoms with Crippen molar-refractivity contribution < 1.29 is 227 Å². The number of fused-ring (bicyclic) bond motifs is 3. The van der Waals surface area contributed by atoms with Crippen molar-refractivity contribution in [1.29, 1.82) is 0 Å². The van der Waals surface area contributed by atoms with Crippen LogP contribution < -0.4 is 117 Å². The molecule has 0 unspecified atom stereocenters. The fourth-order valence-electron chi connectivity index (χ4n) is 10.8. The van der Waals surface area contributed by atoms with Gasteiger partial charge in [0.05, 0.1) is 137 Å². The second-order valence-corrected chi connectivity index (χ2v) is 48.2. The molecule has 0 radical (unpaired) electrons. The van der Waals surface area contributed by atoms with Gasteiger partial charge in [0.25, 0.3) is 42.3 Å². The topological polar surface area (TPSA) is 731 Å². The number of nitrogens with two attached hydrogens (primary N) is 1. The molecule has 11 aromatic rings. The Morgan fingerprint density at radius 1 is 0.564 bits per heavy atom. The van der Waals surface area contributed by atoms with Crippen molar-refractivity contribution in [2.75, 3.05) is 130 Å². The number of rotatable bonds is 25. The van der Waals surface area contributed by atoms with Crippen molar-refractivity contribution in [2.24, 2.45) is 16.0 Å². The molecule has 4 aliphatic rings. The van der Waals surface area contributed by atoms with Crippen molar-refractivity contribution in [3.8, 4) is 36.4 Å². The van der Waals surface area contributed by atoms with E-state index in [1.54, 1.807) is 68.2 Å². The Hall–Kier alpha value is -8.17. The molecule has 65 heteroatoms. The number of halogens is 1. The molecule has 15 heterocycles. The minimum atomic E-state index is -1.44. The first-order chi connectivity index (χ1) is 68.2. The van der Waals surface area contributed by atoms with Gasteiger partial charge in [0, 0.05) is 84.0 Å². The standard InChI is InChI=1S/C14H21N3O2SSi.C9H10N4O3S.C9H10N2O3S.C7H6N2O3S.C7H9NO3S.C7H17NSi.C6H6ClNO2S.C5H7NO2S.C5H5NO2S.C4H7N3O2.2C4H8O.CH4O.CH3O.CH4.Al.2Li.Mn.Na.2H2O.2O.4H/c1-19-14-17-12-11(20-14)8-10(16-12)13(18)15-9-4-6-21(2,3)7-5-9;1-3-16-8(14)7(12-13-10)4-6-5-11-9(15-2)17-6;1-3-14-8(12)5-4-6-7(10-5)11-9(13-2)15-6;1-12-7-9-5-4(13-7)2-3(8-5)6(10)11;1-3-11-6(9)5-4-8-7(10-2)12-5;1-9(2)5-3-7(8)4-6-9;1-2-10-5(9)4-3-8-6(7)11-4;2*1-8-5-6-2-4(3-7)9-5;1-2-9-4(8)3-6-7-5;2*1-2-4-5-3-1;2*1-2;;;;;;;;;;;;;;/h8-9,16H,4-7H2,1-3H3,(H,15,18);4-5H,3H2,1-2H3;4,10H,3H2,1-2H3;2,8H,1H3,(H,10,11);4H,3H2,1-2H3;7H,3-6,8H2,1-2H3;3H,2H2,1H3;2,7H,3H2,1H3;2-3H,1H3;2-3H2,1H3;2*1-4H2;2H,1H3;1H3;1H4;;;;;;2*1H2;;;;;;/q;;;;;;;;;;;;;-1;;;2*+1;;+1;;;;;;;;-1/p-1/b;7-4-;;;;;;;;;;;;;;;;;;;;;;;;;;. The van der Waals surface area contributed by atoms with Crippen LogP contribution in [0.5, 0.6) is 36.4 Å². The van der Waals surface area contributed by atoms with Crippen LogP contribution in [0.4, 0.5) is 0 Å². The molecule has 15 rings (SSSR count). The summed E-state index contributed by atoms with van der Waals surface area (Å²) in [6.45, 7) is 23.9. The SMILES string of the molecule is C.C1CCOC1.C1CCOC1.CCOC(=O)/C(=C/c1cnc(OC)s1)N=[N+]=[N-].CCOC(=O)CN=[N+]=[N-].CCOC(=O)c1cc2sc(OC)nc2[nH]1.CCOC(=O)c1cnc(Cl)s1.CCOC(=O)c1cnc(OC)s1.CO.COc1nc2[nH]c(C(=O)NC3CC[Si](C)(C)CC3)cc2s1.COc1nc2[nH]c(C(=O)O)cc2s1.COc1ncc(C=O)s1.COc1ncc(CO)s1.C[O-].C[Si]1(C)CCC(N)CC1.O.[AlH3].[H-].[Li+].[Li+].[Na+].[OH-].[O]=[Mn]=[O]. The number of H-pyrrole nitrogens is 3. The number of hydrogen-bond acceptors (Lipinski definition) is 47. The summed E-state index contributed by atoms with van der Waals surface area (Å²) in [6.07, 6.45) is 19.5. The number of aromatic nitrogens is 11. The molecule has 0 aliphatic carbocycles. The fourth-order valence-corrected chi connectivity index (χ4v) is 21.4. The molecule has 1 amide bonds. The quantitative estimate of drug-likeness (QED) is 0.00487. The molecule has 0 spiro atoms. The predicted molar refractivity (Wildman–Crippen MR) is 565 cm³/mol. The Morgan fingerprint density at radius 2 is 0.933 bits per heavy atom. The number of amides is 1. The van der Waals surface area contributed by atoms with Crippen LogP contribution in [-0.4, -0.2) is 305 Å². The Labute approximate surface area is 965 Å². The number of nitrogens with zero attached hydrogens (tertiary/aromatic N) is 14. The van der Waals surface area contributed by atoms with E-state index in [4.69, 9.17) is 118 Å². The zero-order chi connectivity index (χ0) is 106. The Kier molecular flexibility index (Phi) is 94.2. The van der Waals surface area contributed by atoms with Crippen molar-refractivity contribution in [1.82, 2.24) is 60.1 Å². The van der Waals surface area contributed by atoms with Gasteiger partial charge in [0.1, 0.15) is 39.1 Å². The Balaban J connectivity index is -0.000000245. The van der Waals surface area contributed by atoms with Gasteiger partial charge in [-0.15, -0.1) is 0 Å². The van der Waals surface area contributed by atoms with Crippen LogP contribution in [0.2, 0.25) is 54.8 Å². The van der Waals surface area contributed by atoms with E-state index < -0.39 is 48.9 Å². The third kappa shape index (κ3) is 64.6. The van der Waals surface area contributed by atoms with E-state index in [9.17, 15) is 38.4 Å². The van der Waals surface area contributed by atoms with Crippen molar-refractivity contribution >= 4 is 221 Å². The number of carbonyl (C=O) groups is 8. The van der Waals surface area contributed by atoms with E-state index in [1.165, 1.54) is 207 Å². The van der Waals surface area contributed by atoms with E-state index in [2.05, 4.69) is 111 Å². The second-order valence-electron chi connectivity index (χ2n) is 28.7. The number of carboxylic acids is 1. The average Bonchev–Trinajstić information content (AvgIpc) is 1.66. The van der Waals surface area contributed by atoms with Crippen molar-refractivity contribution in [2.45, 2.75) is 162 Å². The normalized spacial score (nSPS) is 12.4. The summed E-state index contributed by atoms with van der Waals surface area (Å²) in [5, 5.41) is 45.6. The third-order valence-corrected chi connectivity index (χ3v) is 31.8. The van der Waals surface area contributed by atoms with Crippen molar-refractivity contribution in [3.05, 3.63) is 122 Å². The maximum atomic E-state index is 12.3. The van der Waals surface area contributed by atoms with Gasteiger partial charge in [0.2, 0.25) is 0 Å². The Morgan fingerprint density at radius 3 is 1.28 bits per heavy atom. The summed E-state index contributed by atoms with van der Waals surface area (Å²) in [7, 11) is 10.8. The first-order valence-electron chi connectivity index (χ1n) is 42.8. The molecule has 0 bridgehead atoms. The number of aldehydes is 1. The van der Waals surface area contributed by atoms with Gasteiger partial charge in [-0.1, -0.05) is 170 Å². The van der Waals surface area contributed by atoms with Crippen LogP contribution in [0.3, 0.4) is 0 Å². The predicted octanol–water partition coefficient (Wildman–Crippen LogP) is 5.84. The first kappa shape index (κ1) is 154. The molecule has 12 N–H and O–H groups in total. The number of methoxy groups -OCH3 is 7. The first-order valence-corrected chi connectivity index (χ1v) is 57.5. The van der Waals surface area contributed by atoms with Gasteiger partial charge in [-0.3, -0.25) is 14.4 Å². The fraction of sp³-hybridized carbons (Fsp3) is 0.524. The van der Waals surface area contributed by atoms with Crippen LogP contribution >= 0.6 is 102 Å². The Bertz CT molecular complexity index is 5520. The van der Waals surface area contributed by atoms with Gasteiger partial charge in [-0.2, -0.15) is 22.1 Å². The summed E-state index contributed by atoms with van der Waals surface area (Å²) in [6, 6.07) is 11.5. The van der Waals surface area contributed by atoms with Crippen LogP contribution in [-0.2, 0) is 71.8 Å². The number of azide groups is 2. The zero-order valence-corrected chi connectivity index (χ0v) is 98.0. The van der Waals surface area contributed by atoms with E-state index in [1.807, 2.05) is 6.07 Å². The summed E-state index contributed by atoms with van der Waals surface area (Å²) >= 11 is 14.3. The molecule has 0 atom stereocenters. The van der Waals surface area contributed by atoms with E-state index in [0.29, 0.717) is 122 Å². The number of aromatic carboxylic acids is 1. The van der Waals surface area contributed by atoms with Crippen LogP contribution in [0, 0.1) is 0 Å². The molecule has 0 aromatic carbocycles. The molecule has 819 valence electrons. The molecule has 4 fully saturated rings. The van der Waals surface area contributed by atoms with Gasteiger partial charge < -0.3 is 125 Å². The molecule has 49 nitrogen and oxygen atoms in total. The number of carbonyl (C=O) groups excluding carboxylic acids is 7. The average molecular weight is 2360 g/mol. The summed E-state index contributed by atoms with van der Waals surface area (Å²) in [5.41, 5.74) is 24.9. The van der Waals surface area contributed by atoms with Crippen molar-refractivity contribution in [3.63, 3.8) is 0 Å². The number of ether oxygens (including phenoxy) is 14. The number of nitrogens with one attached hydrogen (secondary N) is 4. The van der Waals surface area contributed by atoms with Crippen LogP contribution in [0.1, 0.15) is 165 Å². The number of hydrogen-bond donors (Lipinski definition) is 8. The molecule has 149 heavy (non-hydrogen) atoms. The number of thiazole rings is 8. The van der Waals surface area contributed by atoms with Gasteiger partial charge in [-0.05, 0) is 121 Å². The second kappa shape index (κ2) is 91.3. The van der Waals surface area contributed by atoms with Crippen LogP contribution in [0.15, 0.2) is 65.1 Å². The van der Waals surface area contributed by atoms with E-state index >= 15 is 0 Å². The number of aliphatic hydroxyl groups excluding tert-OH is 2. The third-order valence-electron chi connectivity index (χ3n) is 17.6. The van der Waals surface area contributed by atoms with Gasteiger partial charge in [0.15, 0.2) is 45.1 Å². The molecule has 4 aliphatic heterocycles. The van der Waals surface area contributed by atoms with E-state index in [0.717, 1.165) is 95.7 Å². The number of aliphatic hydroxyl groups is 2. The van der Waals surface area contributed by atoms with Gasteiger partial charge >= 0.3 is 126 Å². The number of aromatic amines is 3. The maximum absolute atomic E-state index is 12.3.